The fourth-order valence-electron chi connectivity index (χ4n) is 4.36. The number of halogens is 3. The normalized spacial score (nSPS) is 26.1. The number of carbonyl (C=O) groups excluding carboxylic acids is 1. The monoisotopic (exact) mass is 369 g/mol. The summed E-state index contributed by atoms with van der Waals surface area (Å²) >= 11 is 0. The minimum atomic E-state index is -4.16. The van der Waals surface area contributed by atoms with Crippen molar-refractivity contribution in [3.63, 3.8) is 0 Å². The van der Waals surface area contributed by atoms with Gasteiger partial charge in [0.2, 0.25) is 5.91 Å². The van der Waals surface area contributed by atoms with Crippen LogP contribution in [0.2, 0.25) is 0 Å². The Hall–Kier alpha value is -1.72. The van der Waals surface area contributed by atoms with Gasteiger partial charge >= 0.3 is 6.18 Å². The lowest BCUT2D eigenvalue weighted by molar-refractivity contribution is -0.184. The number of alkyl halides is 3. The highest BCUT2D eigenvalue weighted by atomic mass is 19.4. The molecule has 1 N–H and O–H groups in total. The second kappa shape index (κ2) is 7.89. The van der Waals surface area contributed by atoms with Crippen LogP contribution in [0.3, 0.4) is 0 Å². The molecule has 0 bridgehead atoms. The van der Waals surface area contributed by atoms with Crippen molar-refractivity contribution in [3.8, 4) is 5.75 Å². The fourth-order valence-corrected chi connectivity index (χ4v) is 4.36. The van der Waals surface area contributed by atoms with Crippen LogP contribution in [0.1, 0.15) is 62.0 Å². The molecule has 144 valence electrons. The lowest BCUT2D eigenvalue weighted by atomic mass is 9.80. The van der Waals surface area contributed by atoms with E-state index in [0.29, 0.717) is 19.3 Å². The summed E-state index contributed by atoms with van der Waals surface area (Å²) in [6.07, 6.45) is 0.428. The van der Waals surface area contributed by atoms with Gasteiger partial charge in [-0.2, -0.15) is 13.2 Å². The van der Waals surface area contributed by atoms with Gasteiger partial charge < -0.3 is 10.1 Å². The summed E-state index contributed by atoms with van der Waals surface area (Å²) in [5.41, 5.74) is 2.38. The van der Waals surface area contributed by atoms with E-state index in [2.05, 4.69) is 5.32 Å². The smallest absolute Gasteiger partial charge is 0.391 e. The lowest BCUT2D eigenvalue weighted by Gasteiger charge is -2.32. The van der Waals surface area contributed by atoms with Gasteiger partial charge in [-0.15, -0.1) is 0 Å². The van der Waals surface area contributed by atoms with E-state index in [4.69, 9.17) is 4.74 Å². The number of aryl methyl sites for hydroxylation is 1. The third-order valence-electron chi connectivity index (χ3n) is 5.72. The molecular formula is C20H26F3NO2. The molecular weight excluding hydrogens is 343 g/mol. The van der Waals surface area contributed by atoms with Crippen LogP contribution in [0.25, 0.3) is 0 Å². The molecule has 1 saturated carbocycles. The van der Waals surface area contributed by atoms with Gasteiger partial charge in [0.15, 0.2) is 0 Å². The Labute approximate surface area is 152 Å². The third kappa shape index (κ3) is 4.51. The Morgan fingerprint density at radius 3 is 2.77 bits per heavy atom. The van der Waals surface area contributed by atoms with Gasteiger partial charge in [-0.3, -0.25) is 4.79 Å². The number of hydrogen-bond acceptors (Lipinski definition) is 2. The molecule has 3 atom stereocenters. The molecule has 1 aromatic carbocycles. The van der Waals surface area contributed by atoms with Gasteiger partial charge in [0.25, 0.3) is 0 Å². The van der Waals surface area contributed by atoms with Gasteiger partial charge in [0.1, 0.15) is 5.75 Å². The Morgan fingerprint density at radius 1 is 1.23 bits per heavy atom. The second-order valence-corrected chi connectivity index (χ2v) is 7.53. The van der Waals surface area contributed by atoms with Crippen LogP contribution in [0.4, 0.5) is 13.2 Å². The maximum atomic E-state index is 12.9. The highest BCUT2D eigenvalue weighted by Crippen LogP contribution is 2.38. The number of fused-ring (bicyclic) bond motifs is 1. The minimum absolute atomic E-state index is 0.00763. The highest BCUT2D eigenvalue weighted by molar-refractivity contribution is 5.77. The van der Waals surface area contributed by atoms with Crippen molar-refractivity contribution in [1.82, 2.24) is 5.32 Å². The number of hydrogen-bond donors (Lipinski definition) is 1. The lowest BCUT2D eigenvalue weighted by Crippen LogP contribution is -2.42. The first-order chi connectivity index (χ1) is 12.4. The molecule has 6 heteroatoms. The van der Waals surface area contributed by atoms with E-state index in [-0.39, 0.29) is 30.7 Å². The Kier molecular flexibility index (Phi) is 5.78. The maximum absolute atomic E-state index is 12.9. The van der Waals surface area contributed by atoms with E-state index in [1.807, 2.05) is 18.2 Å². The molecule has 0 spiro atoms. The van der Waals surface area contributed by atoms with Crippen molar-refractivity contribution >= 4 is 5.91 Å². The van der Waals surface area contributed by atoms with E-state index in [9.17, 15) is 18.0 Å². The molecule has 0 aliphatic heterocycles. The van der Waals surface area contributed by atoms with Crippen molar-refractivity contribution in [1.29, 1.82) is 0 Å². The first kappa shape index (κ1) is 19.1. The van der Waals surface area contributed by atoms with Crippen molar-refractivity contribution in [2.75, 3.05) is 7.11 Å². The van der Waals surface area contributed by atoms with Crippen LogP contribution in [-0.4, -0.2) is 25.2 Å². The molecule has 0 aromatic heterocycles. The molecule has 1 aromatic rings. The van der Waals surface area contributed by atoms with E-state index in [1.165, 1.54) is 11.1 Å². The van der Waals surface area contributed by atoms with Gasteiger partial charge in [-0.25, -0.2) is 0 Å². The standard InChI is InChI=1S/C20H26F3NO2/c1-26-17-8-9-18-13(10-17)4-2-5-14(18)11-19(25)24-16-7-3-6-15(12-16)20(21,22)23/h8-10,14-16H,2-7,11-12H2,1H3,(H,24,25). The number of nitrogens with one attached hydrogen (secondary N) is 1. The van der Waals surface area contributed by atoms with Gasteiger partial charge in [-0.05, 0) is 67.7 Å². The first-order valence-electron chi connectivity index (χ1n) is 9.39. The zero-order valence-electron chi connectivity index (χ0n) is 15.1. The number of methoxy groups -OCH3 is 1. The molecule has 1 fully saturated rings. The van der Waals surface area contributed by atoms with Crippen molar-refractivity contribution < 1.29 is 22.7 Å². The molecule has 26 heavy (non-hydrogen) atoms. The zero-order chi connectivity index (χ0) is 18.7. The Balaban J connectivity index is 1.59. The van der Waals surface area contributed by atoms with Crippen LogP contribution >= 0.6 is 0 Å². The molecule has 0 radical (unpaired) electrons. The second-order valence-electron chi connectivity index (χ2n) is 7.53. The predicted molar refractivity (Wildman–Crippen MR) is 93.2 cm³/mol. The van der Waals surface area contributed by atoms with Crippen LogP contribution in [-0.2, 0) is 11.2 Å². The summed E-state index contributed by atoms with van der Waals surface area (Å²) in [6, 6.07) is 5.59. The molecule has 2 aliphatic carbocycles. The topological polar surface area (TPSA) is 38.3 Å². The van der Waals surface area contributed by atoms with Gasteiger partial charge in [0, 0.05) is 12.5 Å². The van der Waals surface area contributed by atoms with Crippen molar-refractivity contribution in [3.05, 3.63) is 29.3 Å². The van der Waals surface area contributed by atoms with E-state index >= 15 is 0 Å². The maximum Gasteiger partial charge on any atom is 0.391 e. The summed E-state index contributed by atoms with van der Waals surface area (Å²) < 4.78 is 44.1. The molecule has 0 saturated heterocycles. The van der Waals surface area contributed by atoms with E-state index in [1.54, 1.807) is 7.11 Å². The number of amides is 1. The average Bonchev–Trinajstić information content (AvgIpc) is 2.61. The third-order valence-corrected chi connectivity index (χ3v) is 5.72. The summed E-state index contributed by atoms with van der Waals surface area (Å²) in [7, 11) is 1.63. The van der Waals surface area contributed by atoms with Crippen LogP contribution in [0.5, 0.6) is 5.75 Å². The van der Waals surface area contributed by atoms with Crippen LogP contribution < -0.4 is 10.1 Å². The molecule has 0 heterocycles. The number of benzene rings is 1. The Bertz CT molecular complexity index is 644. The summed E-state index contributed by atoms with van der Waals surface area (Å²) in [5.74, 6) is -0.475. The number of ether oxygens (including phenoxy) is 1. The average molecular weight is 369 g/mol. The summed E-state index contributed by atoms with van der Waals surface area (Å²) in [4.78, 5) is 12.5. The van der Waals surface area contributed by atoms with Crippen LogP contribution in [0, 0.1) is 5.92 Å². The van der Waals surface area contributed by atoms with E-state index in [0.717, 1.165) is 25.0 Å². The van der Waals surface area contributed by atoms with Crippen molar-refractivity contribution in [2.45, 2.75) is 69.5 Å². The number of carbonyl (C=O) groups is 1. The Morgan fingerprint density at radius 2 is 2.04 bits per heavy atom. The number of rotatable bonds is 4. The zero-order valence-corrected chi connectivity index (χ0v) is 15.1. The molecule has 3 rings (SSSR count). The van der Waals surface area contributed by atoms with E-state index < -0.39 is 12.1 Å². The van der Waals surface area contributed by atoms with Crippen molar-refractivity contribution in [2.24, 2.45) is 5.92 Å². The van der Waals surface area contributed by atoms with Crippen LogP contribution in [0.15, 0.2) is 18.2 Å². The minimum Gasteiger partial charge on any atom is -0.497 e. The SMILES string of the molecule is COc1ccc2c(c1)CCCC2CC(=O)NC1CCCC(C(F)(F)F)C1. The van der Waals surface area contributed by atoms with Gasteiger partial charge in [0.05, 0.1) is 13.0 Å². The molecule has 3 nitrogen and oxygen atoms in total. The predicted octanol–water partition coefficient (Wildman–Crippen LogP) is 4.74. The summed E-state index contributed by atoms with van der Waals surface area (Å²) in [6.45, 7) is 0. The molecule has 1 amide bonds. The summed E-state index contributed by atoms with van der Waals surface area (Å²) in [5, 5.41) is 2.86. The fraction of sp³-hybridized carbons (Fsp3) is 0.650. The molecule has 2 aliphatic rings. The first-order valence-corrected chi connectivity index (χ1v) is 9.39. The van der Waals surface area contributed by atoms with Gasteiger partial charge in [-0.1, -0.05) is 12.5 Å². The molecule has 3 unspecified atom stereocenters. The largest absolute Gasteiger partial charge is 0.497 e. The highest BCUT2D eigenvalue weighted by Gasteiger charge is 2.42. The quantitative estimate of drug-likeness (QED) is 0.832.